The van der Waals surface area contributed by atoms with Crippen molar-refractivity contribution in [3.8, 4) is 11.5 Å². The zero-order valence-electron chi connectivity index (χ0n) is 9.65. The molecule has 2 rings (SSSR count). The SMILES string of the molecule is O=C(O)c1ccc(Oc2ccccc2[Se](=O)O)cc1. The van der Waals surface area contributed by atoms with Crippen LogP contribution in [0, 0.1) is 0 Å². The summed E-state index contributed by atoms with van der Waals surface area (Å²) in [5.74, 6) is -0.314. The fourth-order valence-electron chi connectivity index (χ4n) is 1.47. The third kappa shape index (κ3) is 3.26. The predicted octanol–water partition coefficient (Wildman–Crippen LogP) is 1.30. The van der Waals surface area contributed by atoms with Crippen LogP contribution in [0.3, 0.4) is 0 Å². The van der Waals surface area contributed by atoms with Gasteiger partial charge in [-0.05, 0) is 0 Å². The average molecular weight is 325 g/mol. The molecule has 2 aromatic rings. The molecule has 2 aromatic carbocycles. The van der Waals surface area contributed by atoms with Crippen molar-refractivity contribution < 1.29 is 22.7 Å². The fraction of sp³-hybridized carbons (Fsp3) is 0. The van der Waals surface area contributed by atoms with Crippen LogP contribution in [0.4, 0.5) is 0 Å². The molecule has 0 heterocycles. The summed E-state index contributed by atoms with van der Waals surface area (Å²) >= 11 is -3.07. The average Bonchev–Trinajstić information content (AvgIpc) is 2.39. The van der Waals surface area contributed by atoms with Crippen molar-refractivity contribution in [2.45, 2.75) is 0 Å². The summed E-state index contributed by atoms with van der Waals surface area (Å²) in [5.41, 5.74) is 0.151. The van der Waals surface area contributed by atoms with Crippen LogP contribution in [0.1, 0.15) is 10.4 Å². The van der Waals surface area contributed by atoms with Gasteiger partial charge < -0.3 is 0 Å². The maximum absolute atomic E-state index is 11.2. The molecule has 5 nitrogen and oxygen atoms in total. The molecule has 0 amide bonds. The first-order valence-corrected chi connectivity index (χ1v) is 7.61. The van der Waals surface area contributed by atoms with Crippen LogP contribution >= 0.6 is 0 Å². The molecule has 19 heavy (non-hydrogen) atoms. The van der Waals surface area contributed by atoms with Crippen LogP contribution in [0.15, 0.2) is 48.5 Å². The van der Waals surface area contributed by atoms with Crippen molar-refractivity contribution in [3.63, 3.8) is 0 Å². The van der Waals surface area contributed by atoms with E-state index in [0.717, 1.165) is 0 Å². The molecule has 0 saturated heterocycles. The molecule has 6 heteroatoms. The van der Waals surface area contributed by atoms with Gasteiger partial charge in [-0.3, -0.25) is 0 Å². The van der Waals surface area contributed by atoms with Crippen molar-refractivity contribution in [1.29, 1.82) is 0 Å². The van der Waals surface area contributed by atoms with Crippen molar-refractivity contribution in [2.75, 3.05) is 0 Å². The second-order valence-electron chi connectivity index (χ2n) is 3.63. The Bertz CT molecular complexity index is 621. The second kappa shape index (κ2) is 5.75. The van der Waals surface area contributed by atoms with Crippen LogP contribution in [-0.4, -0.2) is 29.4 Å². The third-order valence-corrected chi connectivity index (χ3v) is 3.86. The van der Waals surface area contributed by atoms with Crippen molar-refractivity contribution >= 4 is 24.6 Å². The van der Waals surface area contributed by atoms with E-state index in [1.165, 1.54) is 30.3 Å². The molecule has 1 unspecified atom stereocenters. The number of para-hydroxylation sites is 1. The number of carboxylic acids is 1. The van der Waals surface area contributed by atoms with Crippen LogP contribution < -0.4 is 9.20 Å². The number of benzene rings is 2. The minimum absolute atomic E-state index is 0.151. The van der Waals surface area contributed by atoms with Gasteiger partial charge in [0.25, 0.3) is 0 Å². The Hall–Kier alpha value is -2.01. The number of ether oxygens (including phenoxy) is 1. The topological polar surface area (TPSA) is 83.8 Å². The molecule has 98 valence electrons. The van der Waals surface area contributed by atoms with Crippen LogP contribution in [-0.2, 0) is 3.83 Å². The van der Waals surface area contributed by atoms with E-state index in [1.54, 1.807) is 18.2 Å². The number of aromatic carboxylic acids is 1. The Labute approximate surface area is 113 Å². The number of carboxylic acid groups (broad SMARTS) is 1. The van der Waals surface area contributed by atoms with E-state index in [9.17, 15) is 12.8 Å². The van der Waals surface area contributed by atoms with Gasteiger partial charge in [0.15, 0.2) is 0 Å². The summed E-state index contributed by atoms with van der Waals surface area (Å²) in [5, 5.41) is 8.77. The first-order valence-electron chi connectivity index (χ1n) is 5.29. The minimum atomic E-state index is -3.07. The van der Waals surface area contributed by atoms with E-state index in [0.29, 0.717) is 11.5 Å². The Kier molecular flexibility index (Phi) is 4.06. The Morgan fingerprint density at radius 2 is 1.68 bits per heavy atom. The zero-order chi connectivity index (χ0) is 13.8. The van der Waals surface area contributed by atoms with Crippen molar-refractivity contribution in [1.82, 2.24) is 0 Å². The van der Waals surface area contributed by atoms with Gasteiger partial charge >= 0.3 is 113 Å². The second-order valence-corrected chi connectivity index (χ2v) is 5.60. The zero-order valence-corrected chi connectivity index (χ0v) is 11.4. The molecular formula is C13H10O5Se. The molecule has 0 bridgehead atoms. The van der Waals surface area contributed by atoms with Crippen molar-refractivity contribution in [2.24, 2.45) is 0 Å². The number of hydrogen-bond acceptors (Lipinski definition) is 3. The number of carbonyl (C=O) groups is 1. The molecule has 2 N–H and O–H groups in total. The standard InChI is InChI=1S/C13H10O5Se/c14-13(15)9-5-7-10(8-6-9)18-11-3-1-2-4-12(11)19(16)17/h1-8H,(H,14,15)(H,16,17). The summed E-state index contributed by atoms with van der Waals surface area (Å²) in [4.78, 5) is 10.7. The van der Waals surface area contributed by atoms with E-state index in [1.807, 2.05) is 0 Å². The maximum atomic E-state index is 11.2. The normalized spacial score (nSPS) is 11.8. The summed E-state index contributed by atoms with van der Waals surface area (Å²) < 4.78 is 26.2. The van der Waals surface area contributed by atoms with Gasteiger partial charge in [0, 0.05) is 0 Å². The molecule has 0 aliphatic heterocycles. The van der Waals surface area contributed by atoms with Gasteiger partial charge in [-0.15, -0.1) is 0 Å². The third-order valence-electron chi connectivity index (χ3n) is 2.37. The van der Waals surface area contributed by atoms with Gasteiger partial charge in [0.05, 0.1) is 0 Å². The number of rotatable bonds is 4. The van der Waals surface area contributed by atoms with Gasteiger partial charge in [0.2, 0.25) is 0 Å². The Balaban J connectivity index is 2.26. The van der Waals surface area contributed by atoms with Gasteiger partial charge in [0.1, 0.15) is 0 Å². The Morgan fingerprint density at radius 3 is 2.26 bits per heavy atom. The Morgan fingerprint density at radius 1 is 1.05 bits per heavy atom. The quantitative estimate of drug-likeness (QED) is 0.828. The molecule has 0 saturated carbocycles. The van der Waals surface area contributed by atoms with Crippen LogP contribution in [0.2, 0.25) is 0 Å². The summed E-state index contributed by atoms with van der Waals surface area (Å²) in [7, 11) is 0. The molecule has 0 fully saturated rings. The van der Waals surface area contributed by atoms with Crippen LogP contribution in [0.5, 0.6) is 11.5 Å². The summed E-state index contributed by atoms with van der Waals surface area (Å²) in [6, 6.07) is 12.3. The van der Waals surface area contributed by atoms with E-state index in [4.69, 9.17) is 9.84 Å². The van der Waals surface area contributed by atoms with Gasteiger partial charge in [-0.25, -0.2) is 0 Å². The van der Waals surface area contributed by atoms with Crippen molar-refractivity contribution in [3.05, 3.63) is 54.1 Å². The van der Waals surface area contributed by atoms with E-state index >= 15 is 0 Å². The first-order chi connectivity index (χ1) is 9.08. The van der Waals surface area contributed by atoms with E-state index < -0.39 is 20.1 Å². The first kappa shape index (κ1) is 13.4. The molecule has 0 aliphatic carbocycles. The molecule has 0 spiro atoms. The molecular weight excluding hydrogens is 315 g/mol. The molecule has 0 radical (unpaired) electrons. The molecule has 1 atom stereocenters. The fourth-order valence-corrected chi connectivity index (χ4v) is 2.47. The summed E-state index contributed by atoms with van der Waals surface area (Å²) in [6.07, 6.45) is 0. The van der Waals surface area contributed by atoms with Crippen LogP contribution in [0.25, 0.3) is 0 Å². The van der Waals surface area contributed by atoms with Gasteiger partial charge in [-0.2, -0.15) is 0 Å². The predicted molar refractivity (Wildman–Crippen MR) is 68.2 cm³/mol. The monoisotopic (exact) mass is 326 g/mol. The summed E-state index contributed by atoms with van der Waals surface area (Å²) in [6.45, 7) is 0. The molecule has 0 aromatic heterocycles. The van der Waals surface area contributed by atoms with Gasteiger partial charge in [-0.1, -0.05) is 0 Å². The van der Waals surface area contributed by atoms with E-state index in [2.05, 4.69) is 0 Å². The van der Waals surface area contributed by atoms with E-state index in [-0.39, 0.29) is 10.0 Å². The number of hydrogen-bond donors (Lipinski definition) is 2. The molecule has 0 aliphatic rings.